The van der Waals surface area contributed by atoms with E-state index < -0.39 is 0 Å². The highest BCUT2D eigenvalue weighted by molar-refractivity contribution is 5.85. The first-order valence-corrected chi connectivity index (χ1v) is 5.68. The van der Waals surface area contributed by atoms with Crippen LogP contribution in [0.2, 0.25) is 0 Å². The average molecular weight is 289 g/mol. The fourth-order valence-electron chi connectivity index (χ4n) is 2.41. The Morgan fingerprint density at radius 3 is 2.78 bits per heavy atom. The quantitative estimate of drug-likeness (QED) is 0.873. The monoisotopic (exact) mass is 288 g/mol. The molecule has 0 unspecified atom stereocenters. The Labute approximate surface area is 119 Å². The summed E-state index contributed by atoms with van der Waals surface area (Å²) >= 11 is 0. The molecule has 0 amide bonds. The number of nitrogens with two attached hydrogens (primary N) is 1. The summed E-state index contributed by atoms with van der Waals surface area (Å²) < 4.78 is 2.13. The Bertz CT molecular complexity index is 526. The Morgan fingerprint density at radius 1 is 1.33 bits per heavy atom. The van der Waals surface area contributed by atoms with Gasteiger partial charge in [-0.1, -0.05) is 0 Å². The maximum absolute atomic E-state index is 5.94. The predicted molar refractivity (Wildman–Crippen MR) is 79.2 cm³/mol. The minimum atomic E-state index is 0. The van der Waals surface area contributed by atoms with Gasteiger partial charge < -0.3 is 15.0 Å². The van der Waals surface area contributed by atoms with Gasteiger partial charge in [0.2, 0.25) is 0 Å². The maximum atomic E-state index is 5.94. The molecule has 100 valence electrons. The van der Waals surface area contributed by atoms with Crippen LogP contribution >= 0.6 is 24.8 Å². The van der Waals surface area contributed by atoms with Gasteiger partial charge in [0.15, 0.2) is 5.82 Å². The number of rotatable bonds is 1. The van der Waals surface area contributed by atoms with Gasteiger partial charge in [0.25, 0.3) is 0 Å². The number of hydrogen-bond donors (Lipinski definition) is 1. The molecule has 0 radical (unpaired) electrons. The molecule has 0 saturated carbocycles. The van der Waals surface area contributed by atoms with Crippen LogP contribution in [0.1, 0.15) is 12.0 Å². The van der Waals surface area contributed by atoms with Crippen molar-refractivity contribution in [2.24, 2.45) is 5.73 Å². The molecule has 1 atom stereocenters. The number of halogens is 2. The third-order valence-electron chi connectivity index (χ3n) is 3.28. The Balaban J connectivity index is 0.000000810. The number of fused-ring (bicyclic) bond motifs is 1. The fourth-order valence-corrected chi connectivity index (χ4v) is 2.41. The molecule has 0 aliphatic carbocycles. The van der Waals surface area contributed by atoms with Crippen molar-refractivity contribution >= 4 is 36.1 Å². The average Bonchev–Trinajstić information content (AvgIpc) is 2.86. The first kappa shape index (κ1) is 15.1. The third kappa shape index (κ3) is 2.41. The van der Waals surface area contributed by atoms with Gasteiger partial charge >= 0.3 is 0 Å². The molecular formula is C12H18Cl2N4. The van der Waals surface area contributed by atoms with Gasteiger partial charge in [-0.3, -0.25) is 0 Å². The van der Waals surface area contributed by atoms with E-state index in [0.29, 0.717) is 0 Å². The summed E-state index contributed by atoms with van der Waals surface area (Å²) in [6.07, 6.45) is 6.97. The highest BCUT2D eigenvalue weighted by Crippen LogP contribution is 2.25. The summed E-state index contributed by atoms with van der Waals surface area (Å²) in [5.74, 6) is 1.07. The van der Waals surface area contributed by atoms with Crippen LogP contribution < -0.4 is 10.6 Å². The van der Waals surface area contributed by atoms with E-state index in [0.717, 1.165) is 25.3 Å². The molecule has 2 N–H and O–H groups in total. The lowest BCUT2D eigenvalue weighted by molar-refractivity contribution is 0.751. The summed E-state index contributed by atoms with van der Waals surface area (Å²) in [4.78, 5) is 6.79. The van der Waals surface area contributed by atoms with Crippen molar-refractivity contribution in [2.75, 3.05) is 18.0 Å². The lowest BCUT2D eigenvalue weighted by Gasteiger charge is -2.18. The van der Waals surface area contributed by atoms with Crippen LogP contribution in [0.3, 0.4) is 0 Å². The number of nitrogens with zero attached hydrogens (tertiary/aromatic N) is 3. The van der Waals surface area contributed by atoms with E-state index in [4.69, 9.17) is 5.73 Å². The van der Waals surface area contributed by atoms with Crippen molar-refractivity contribution < 1.29 is 0 Å². The smallest absolute Gasteiger partial charge is 0.153 e. The molecule has 0 spiro atoms. The number of aromatic nitrogens is 2. The minimum Gasteiger partial charge on any atom is -0.353 e. The molecule has 1 aliphatic rings. The van der Waals surface area contributed by atoms with E-state index in [9.17, 15) is 0 Å². The first-order chi connectivity index (χ1) is 7.75. The molecule has 0 bridgehead atoms. The molecule has 1 saturated heterocycles. The molecule has 4 nitrogen and oxygen atoms in total. The first-order valence-electron chi connectivity index (χ1n) is 5.68. The minimum absolute atomic E-state index is 0. The molecule has 2 aromatic heterocycles. The van der Waals surface area contributed by atoms with Gasteiger partial charge in [-0.15, -0.1) is 24.8 Å². The second-order valence-electron chi connectivity index (χ2n) is 4.50. The van der Waals surface area contributed by atoms with Crippen LogP contribution in [0.15, 0.2) is 24.7 Å². The van der Waals surface area contributed by atoms with E-state index in [1.165, 1.54) is 11.1 Å². The fraction of sp³-hybridized carbons (Fsp3) is 0.417. The number of hydrogen-bond acceptors (Lipinski definition) is 3. The summed E-state index contributed by atoms with van der Waals surface area (Å²) in [7, 11) is 0. The van der Waals surface area contributed by atoms with E-state index in [1.807, 2.05) is 12.4 Å². The van der Waals surface area contributed by atoms with Crippen molar-refractivity contribution in [3.63, 3.8) is 0 Å². The van der Waals surface area contributed by atoms with Gasteiger partial charge in [-0.05, 0) is 25.0 Å². The highest BCUT2D eigenvalue weighted by atomic mass is 35.5. The van der Waals surface area contributed by atoms with E-state index in [2.05, 4.69) is 33.5 Å². The van der Waals surface area contributed by atoms with Crippen molar-refractivity contribution in [1.29, 1.82) is 0 Å². The van der Waals surface area contributed by atoms with Crippen molar-refractivity contribution in [1.82, 2.24) is 9.38 Å². The lowest BCUT2D eigenvalue weighted by Crippen LogP contribution is -2.27. The topological polar surface area (TPSA) is 46.6 Å². The van der Waals surface area contributed by atoms with Gasteiger partial charge in [0.05, 0.1) is 5.52 Å². The highest BCUT2D eigenvalue weighted by Gasteiger charge is 2.22. The molecule has 6 heteroatoms. The number of aryl methyl sites for hydroxylation is 1. The molecule has 18 heavy (non-hydrogen) atoms. The van der Waals surface area contributed by atoms with Crippen LogP contribution in [0.4, 0.5) is 5.82 Å². The van der Waals surface area contributed by atoms with E-state index in [1.54, 1.807) is 0 Å². The Morgan fingerprint density at radius 2 is 2.11 bits per heavy atom. The Hall–Kier alpha value is -0.970. The summed E-state index contributed by atoms with van der Waals surface area (Å²) in [6.45, 7) is 4.05. The summed E-state index contributed by atoms with van der Waals surface area (Å²) in [6, 6.07) is 2.41. The van der Waals surface area contributed by atoms with Gasteiger partial charge in [-0.2, -0.15) is 0 Å². The zero-order valence-electron chi connectivity index (χ0n) is 10.2. The van der Waals surface area contributed by atoms with Crippen LogP contribution in [0.25, 0.3) is 5.52 Å². The van der Waals surface area contributed by atoms with Crippen molar-refractivity contribution in [2.45, 2.75) is 19.4 Å². The zero-order valence-corrected chi connectivity index (χ0v) is 11.9. The predicted octanol–water partition coefficient (Wildman–Crippen LogP) is 2.02. The van der Waals surface area contributed by atoms with Crippen molar-refractivity contribution in [3.05, 3.63) is 30.2 Å². The van der Waals surface area contributed by atoms with Crippen molar-refractivity contribution in [3.8, 4) is 0 Å². The Kier molecular flexibility index (Phi) is 4.85. The molecule has 3 heterocycles. The third-order valence-corrected chi connectivity index (χ3v) is 3.28. The second-order valence-corrected chi connectivity index (χ2v) is 4.50. The van der Waals surface area contributed by atoms with Gasteiger partial charge in [-0.25, -0.2) is 4.98 Å². The van der Waals surface area contributed by atoms with E-state index in [-0.39, 0.29) is 30.9 Å². The largest absolute Gasteiger partial charge is 0.353 e. The molecular weight excluding hydrogens is 271 g/mol. The van der Waals surface area contributed by atoms with Crippen LogP contribution in [0.5, 0.6) is 0 Å². The lowest BCUT2D eigenvalue weighted by atomic mass is 10.3. The molecule has 0 aromatic carbocycles. The van der Waals surface area contributed by atoms with Crippen LogP contribution in [-0.2, 0) is 0 Å². The maximum Gasteiger partial charge on any atom is 0.153 e. The standard InChI is InChI=1S/C12H16N4.2ClH/c1-9-2-5-15-7-4-14-12(11(9)15)16-6-3-10(13)8-16;;/h2,4-5,7,10H,3,6,8,13H2,1H3;2*1H/t10-;;/m0../s1. The summed E-state index contributed by atoms with van der Waals surface area (Å²) in [5.41, 5.74) is 8.42. The van der Waals surface area contributed by atoms with Crippen LogP contribution in [0, 0.1) is 6.92 Å². The van der Waals surface area contributed by atoms with E-state index >= 15 is 0 Å². The van der Waals surface area contributed by atoms with Gasteiger partial charge in [0, 0.05) is 37.7 Å². The number of anilines is 1. The SMILES string of the molecule is Cc1ccn2ccnc(N3CC[C@H](N)C3)c12.Cl.Cl. The molecule has 1 aliphatic heterocycles. The van der Waals surface area contributed by atoms with Gasteiger partial charge in [0.1, 0.15) is 0 Å². The second kappa shape index (κ2) is 5.78. The molecule has 2 aromatic rings. The zero-order chi connectivity index (χ0) is 11.1. The summed E-state index contributed by atoms with van der Waals surface area (Å²) in [5, 5.41) is 0. The normalized spacial score (nSPS) is 18.6. The molecule has 3 rings (SSSR count). The van der Waals surface area contributed by atoms with Crippen LogP contribution in [-0.4, -0.2) is 28.5 Å². The molecule has 1 fully saturated rings.